The molecule has 3 aromatic rings. The number of H-pyrrole nitrogens is 1. The Bertz CT molecular complexity index is 737. The summed E-state index contributed by atoms with van der Waals surface area (Å²) < 4.78 is 4.34. The Kier molecular flexibility index (Phi) is 2.29. The van der Waals surface area contributed by atoms with Gasteiger partial charge in [-0.1, -0.05) is 26.0 Å². The van der Waals surface area contributed by atoms with E-state index in [4.69, 9.17) is 0 Å². The molecule has 0 bridgehead atoms. The second-order valence-corrected chi connectivity index (χ2v) is 5.04. The minimum atomic E-state index is -0.103. The molecular formula is C12H13N3OS. The molecule has 1 unspecified atom stereocenters. The lowest BCUT2D eigenvalue weighted by atomic mass is 9.97. The van der Waals surface area contributed by atoms with Gasteiger partial charge in [-0.15, -0.1) is 0 Å². The summed E-state index contributed by atoms with van der Waals surface area (Å²) in [5, 5.41) is 0. The monoisotopic (exact) mass is 247 g/mol. The fraction of sp³-hybridized carbons (Fsp3) is 0.333. The molecule has 0 aliphatic carbocycles. The number of aromatic amines is 1. The van der Waals surface area contributed by atoms with E-state index in [2.05, 4.69) is 29.3 Å². The van der Waals surface area contributed by atoms with Gasteiger partial charge in [0.15, 0.2) is 0 Å². The predicted octanol–water partition coefficient (Wildman–Crippen LogP) is 2.75. The molecule has 0 amide bonds. The first-order valence-corrected chi connectivity index (χ1v) is 6.52. The number of fused-ring (bicyclic) bond motifs is 3. The highest BCUT2D eigenvalue weighted by atomic mass is 32.1. The number of para-hydroxylation sites is 1. The van der Waals surface area contributed by atoms with Crippen molar-refractivity contribution in [1.29, 1.82) is 0 Å². The number of imidazole rings is 1. The molecule has 0 aliphatic heterocycles. The SMILES string of the molecule is CCC(C)c1cccc2c1nc1s[nH]c(=O)n12. The van der Waals surface area contributed by atoms with E-state index in [0.29, 0.717) is 5.92 Å². The summed E-state index contributed by atoms with van der Waals surface area (Å²) in [7, 11) is 0. The molecule has 17 heavy (non-hydrogen) atoms. The minimum absolute atomic E-state index is 0.103. The second-order valence-electron chi connectivity index (χ2n) is 4.26. The van der Waals surface area contributed by atoms with E-state index in [9.17, 15) is 4.79 Å². The van der Waals surface area contributed by atoms with E-state index in [1.807, 2.05) is 12.1 Å². The highest BCUT2D eigenvalue weighted by molar-refractivity contribution is 7.11. The smallest absolute Gasteiger partial charge is 0.259 e. The van der Waals surface area contributed by atoms with Gasteiger partial charge in [-0.2, -0.15) is 0 Å². The van der Waals surface area contributed by atoms with Gasteiger partial charge in [-0.05, 0) is 35.5 Å². The van der Waals surface area contributed by atoms with E-state index in [-0.39, 0.29) is 5.69 Å². The summed E-state index contributed by atoms with van der Waals surface area (Å²) in [6.07, 6.45) is 1.07. The van der Waals surface area contributed by atoms with Crippen molar-refractivity contribution < 1.29 is 0 Å². The average Bonchev–Trinajstić information content (AvgIpc) is 2.88. The van der Waals surface area contributed by atoms with Crippen LogP contribution in [0.3, 0.4) is 0 Å². The van der Waals surface area contributed by atoms with Crippen molar-refractivity contribution in [3.63, 3.8) is 0 Å². The number of nitrogens with zero attached hydrogens (tertiary/aromatic N) is 2. The Morgan fingerprint density at radius 1 is 1.53 bits per heavy atom. The van der Waals surface area contributed by atoms with Crippen LogP contribution in [0.15, 0.2) is 23.0 Å². The molecule has 0 saturated heterocycles. The van der Waals surface area contributed by atoms with Crippen LogP contribution in [0.4, 0.5) is 0 Å². The van der Waals surface area contributed by atoms with Crippen molar-refractivity contribution in [3.8, 4) is 0 Å². The third-order valence-electron chi connectivity index (χ3n) is 3.26. The number of hydrogen-bond donors (Lipinski definition) is 1. The summed E-state index contributed by atoms with van der Waals surface area (Å²) >= 11 is 1.28. The lowest BCUT2D eigenvalue weighted by molar-refractivity contribution is 0.738. The molecule has 1 aromatic carbocycles. The van der Waals surface area contributed by atoms with Gasteiger partial charge in [0.05, 0.1) is 11.0 Å². The lowest BCUT2D eigenvalue weighted by Crippen LogP contribution is -2.07. The molecule has 88 valence electrons. The molecule has 0 saturated carbocycles. The van der Waals surface area contributed by atoms with Crippen molar-refractivity contribution in [2.75, 3.05) is 0 Å². The van der Waals surface area contributed by atoms with Crippen LogP contribution in [0.5, 0.6) is 0 Å². The van der Waals surface area contributed by atoms with E-state index in [0.717, 1.165) is 22.4 Å². The number of rotatable bonds is 2. The summed E-state index contributed by atoms with van der Waals surface area (Å²) in [5.74, 6) is 0.461. The van der Waals surface area contributed by atoms with Crippen LogP contribution in [-0.4, -0.2) is 13.8 Å². The number of benzene rings is 1. The highest BCUT2D eigenvalue weighted by Gasteiger charge is 2.14. The molecule has 0 fully saturated rings. The fourth-order valence-corrected chi connectivity index (χ4v) is 2.80. The van der Waals surface area contributed by atoms with Crippen LogP contribution in [0.25, 0.3) is 16.0 Å². The molecule has 5 heteroatoms. The van der Waals surface area contributed by atoms with Gasteiger partial charge >= 0.3 is 5.69 Å². The van der Waals surface area contributed by atoms with Crippen molar-refractivity contribution in [3.05, 3.63) is 34.2 Å². The first kappa shape index (κ1) is 10.5. The van der Waals surface area contributed by atoms with E-state index < -0.39 is 0 Å². The average molecular weight is 247 g/mol. The van der Waals surface area contributed by atoms with Gasteiger partial charge in [0.2, 0.25) is 4.96 Å². The van der Waals surface area contributed by atoms with Crippen molar-refractivity contribution >= 4 is 27.5 Å². The Morgan fingerprint density at radius 3 is 3.12 bits per heavy atom. The van der Waals surface area contributed by atoms with Crippen LogP contribution >= 0.6 is 11.5 Å². The maximum Gasteiger partial charge on any atom is 0.341 e. The van der Waals surface area contributed by atoms with E-state index >= 15 is 0 Å². The molecular weight excluding hydrogens is 234 g/mol. The second kappa shape index (κ2) is 3.70. The van der Waals surface area contributed by atoms with Crippen LogP contribution < -0.4 is 5.69 Å². The molecule has 0 aliphatic rings. The summed E-state index contributed by atoms with van der Waals surface area (Å²) in [6, 6.07) is 6.04. The Balaban J connectivity index is 2.44. The van der Waals surface area contributed by atoms with Gasteiger partial charge < -0.3 is 0 Å². The summed E-state index contributed by atoms with van der Waals surface area (Å²) in [5.41, 5.74) is 2.98. The zero-order valence-corrected chi connectivity index (χ0v) is 10.5. The van der Waals surface area contributed by atoms with E-state index in [1.165, 1.54) is 17.1 Å². The number of aromatic nitrogens is 3. The molecule has 2 heterocycles. The predicted molar refractivity (Wildman–Crippen MR) is 69.9 cm³/mol. The first-order chi connectivity index (χ1) is 8.22. The Morgan fingerprint density at radius 2 is 2.35 bits per heavy atom. The molecule has 1 atom stereocenters. The fourth-order valence-electron chi connectivity index (χ4n) is 2.12. The van der Waals surface area contributed by atoms with Gasteiger partial charge in [0, 0.05) is 0 Å². The zero-order valence-electron chi connectivity index (χ0n) is 9.73. The molecule has 1 N–H and O–H groups in total. The molecule has 0 spiro atoms. The third kappa shape index (κ3) is 1.42. The van der Waals surface area contributed by atoms with Gasteiger partial charge in [-0.3, -0.25) is 4.37 Å². The Hall–Kier alpha value is -1.62. The van der Waals surface area contributed by atoms with Crippen LogP contribution in [0.2, 0.25) is 0 Å². The van der Waals surface area contributed by atoms with Crippen molar-refractivity contribution in [2.45, 2.75) is 26.2 Å². The highest BCUT2D eigenvalue weighted by Crippen LogP contribution is 2.27. The first-order valence-electron chi connectivity index (χ1n) is 5.71. The maximum absolute atomic E-state index is 11.7. The molecule has 4 nitrogen and oxygen atoms in total. The van der Waals surface area contributed by atoms with Crippen molar-refractivity contribution in [1.82, 2.24) is 13.8 Å². The van der Waals surface area contributed by atoms with Gasteiger partial charge in [0.25, 0.3) is 0 Å². The largest absolute Gasteiger partial charge is 0.341 e. The van der Waals surface area contributed by atoms with Crippen molar-refractivity contribution in [2.24, 2.45) is 0 Å². The normalized spacial score (nSPS) is 13.5. The topological polar surface area (TPSA) is 50.2 Å². The summed E-state index contributed by atoms with van der Waals surface area (Å²) in [6.45, 7) is 4.35. The Labute approximate surface area is 102 Å². The maximum atomic E-state index is 11.7. The zero-order chi connectivity index (χ0) is 12.0. The molecule has 3 rings (SSSR count). The van der Waals surface area contributed by atoms with Crippen LogP contribution in [0.1, 0.15) is 31.7 Å². The molecule has 2 aromatic heterocycles. The lowest BCUT2D eigenvalue weighted by Gasteiger charge is -2.08. The standard InChI is InChI=1S/C12H13N3OS/c1-3-7(2)8-5-4-6-9-10(8)13-12-15(9)11(16)14-17-12/h4-7H,3H2,1-2H3,(H,14,16). The number of hydrogen-bond acceptors (Lipinski definition) is 3. The quantitative estimate of drug-likeness (QED) is 0.757. The van der Waals surface area contributed by atoms with Crippen LogP contribution in [-0.2, 0) is 0 Å². The third-order valence-corrected chi connectivity index (χ3v) is 3.99. The van der Waals surface area contributed by atoms with Gasteiger partial charge in [0.1, 0.15) is 0 Å². The van der Waals surface area contributed by atoms with Crippen LogP contribution in [0, 0.1) is 0 Å². The summed E-state index contributed by atoms with van der Waals surface area (Å²) in [4.78, 5) is 17.0. The number of nitrogens with one attached hydrogen (secondary N) is 1. The molecule has 0 radical (unpaired) electrons. The minimum Gasteiger partial charge on any atom is -0.259 e. The van der Waals surface area contributed by atoms with Gasteiger partial charge in [-0.25, -0.2) is 14.2 Å². The van der Waals surface area contributed by atoms with E-state index in [1.54, 1.807) is 4.40 Å².